The van der Waals surface area contributed by atoms with E-state index in [2.05, 4.69) is 4.90 Å². The minimum Gasteiger partial charge on any atom is -0.497 e. The molecule has 0 aromatic heterocycles. The third kappa shape index (κ3) is 6.27. The summed E-state index contributed by atoms with van der Waals surface area (Å²) in [6.07, 6.45) is 4.96. The fraction of sp³-hybridized carbons (Fsp3) is 0.594. The number of ether oxygens (including phenoxy) is 4. The Morgan fingerprint density at radius 2 is 1.56 bits per heavy atom. The van der Waals surface area contributed by atoms with Gasteiger partial charge in [0.15, 0.2) is 6.23 Å². The molecule has 5 rings (SSSR count). The molecule has 1 N–H and O–H groups in total. The molecule has 2 aromatic carbocycles. The van der Waals surface area contributed by atoms with Crippen molar-refractivity contribution in [2.45, 2.75) is 69.5 Å². The Hall–Kier alpha value is -3.01. The zero-order valence-corrected chi connectivity index (χ0v) is 24.9. The van der Waals surface area contributed by atoms with Gasteiger partial charge in [-0.15, -0.1) is 0 Å². The first-order valence-corrected chi connectivity index (χ1v) is 14.8. The molecule has 2 amide bonds. The zero-order chi connectivity index (χ0) is 29.0. The van der Waals surface area contributed by atoms with E-state index in [1.165, 1.54) is 0 Å². The van der Waals surface area contributed by atoms with Gasteiger partial charge in [0.05, 0.1) is 39.5 Å². The maximum Gasteiger partial charge on any atom is 0.323 e. The molecule has 1 spiro atoms. The number of carbonyl (C=O) groups is 1. The molecule has 2 heterocycles. The second-order valence-electron chi connectivity index (χ2n) is 11.7. The number of aliphatic hydroxyl groups is 1. The van der Waals surface area contributed by atoms with Crippen LogP contribution in [0.4, 0.5) is 4.79 Å². The summed E-state index contributed by atoms with van der Waals surface area (Å²) in [6.45, 7) is 3.29. The van der Waals surface area contributed by atoms with Gasteiger partial charge in [-0.2, -0.15) is 0 Å². The van der Waals surface area contributed by atoms with Crippen molar-refractivity contribution >= 4 is 6.03 Å². The number of piperidine rings is 1. The van der Waals surface area contributed by atoms with Crippen LogP contribution >= 0.6 is 0 Å². The SMILES string of the molecule is COc1cccc(CN2C(=O)N(CC3CCCC(OC)C3)C3(CCN(Cc4cc(OC)cc(OC)c4)CC3)C2O)c1. The van der Waals surface area contributed by atoms with Crippen molar-refractivity contribution in [3.8, 4) is 17.2 Å². The van der Waals surface area contributed by atoms with Crippen molar-refractivity contribution in [1.29, 1.82) is 0 Å². The second kappa shape index (κ2) is 12.9. The maximum absolute atomic E-state index is 14.1. The average Bonchev–Trinajstić information content (AvgIpc) is 3.19. The Morgan fingerprint density at radius 3 is 2.22 bits per heavy atom. The monoisotopic (exact) mass is 567 g/mol. The van der Waals surface area contributed by atoms with Gasteiger partial charge in [-0.3, -0.25) is 9.80 Å². The highest BCUT2D eigenvalue weighted by Crippen LogP contribution is 2.43. The van der Waals surface area contributed by atoms with E-state index in [1.807, 2.05) is 47.4 Å². The first kappa shape index (κ1) is 29.5. The topological polar surface area (TPSA) is 83.9 Å². The van der Waals surface area contributed by atoms with Crippen molar-refractivity contribution < 1.29 is 28.8 Å². The Balaban J connectivity index is 1.35. The van der Waals surface area contributed by atoms with Crippen LogP contribution in [-0.4, -0.2) is 91.8 Å². The number of hydrogen-bond donors (Lipinski definition) is 1. The molecule has 1 saturated carbocycles. The molecule has 0 bridgehead atoms. The highest BCUT2D eigenvalue weighted by Gasteiger charge is 2.57. The molecular formula is C32H45N3O6. The Labute approximate surface area is 243 Å². The molecule has 224 valence electrons. The van der Waals surface area contributed by atoms with E-state index in [0.717, 1.165) is 73.7 Å². The minimum absolute atomic E-state index is 0.0779. The summed E-state index contributed by atoms with van der Waals surface area (Å²) >= 11 is 0. The minimum atomic E-state index is -0.887. The number of urea groups is 1. The Morgan fingerprint density at radius 1 is 0.878 bits per heavy atom. The molecule has 3 unspecified atom stereocenters. The van der Waals surface area contributed by atoms with Crippen LogP contribution in [-0.2, 0) is 17.8 Å². The molecule has 0 radical (unpaired) electrons. The summed E-state index contributed by atoms with van der Waals surface area (Å²) in [6, 6.07) is 13.6. The van der Waals surface area contributed by atoms with Gasteiger partial charge >= 0.3 is 6.03 Å². The average molecular weight is 568 g/mol. The largest absolute Gasteiger partial charge is 0.497 e. The number of aliphatic hydroxyl groups excluding tert-OH is 1. The third-order valence-electron chi connectivity index (χ3n) is 9.33. The van der Waals surface area contributed by atoms with E-state index in [9.17, 15) is 9.90 Å². The predicted molar refractivity (Wildman–Crippen MR) is 156 cm³/mol. The molecule has 3 aliphatic rings. The standard InChI is InChI=1S/C32H45N3O6/c1-38-26-9-5-7-23(15-26)21-34-30(36)32(35(31(34)37)22-24-8-6-10-27(16-24)39-2)11-13-33(14-12-32)20-25-17-28(40-3)19-29(18-25)41-4/h5,7,9,15,17-19,24,27,30,36H,6,8,10-14,16,20-22H2,1-4H3. The molecule has 2 aliphatic heterocycles. The van der Waals surface area contributed by atoms with Crippen LogP contribution in [0.1, 0.15) is 49.7 Å². The number of nitrogens with zero attached hydrogens (tertiary/aromatic N) is 3. The summed E-state index contributed by atoms with van der Waals surface area (Å²) in [5, 5.41) is 11.9. The summed E-state index contributed by atoms with van der Waals surface area (Å²) in [5.41, 5.74) is 1.43. The van der Waals surface area contributed by atoms with E-state index < -0.39 is 11.8 Å². The molecule has 1 aliphatic carbocycles. The predicted octanol–water partition coefficient (Wildman–Crippen LogP) is 4.51. The lowest BCUT2D eigenvalue weighted by molar-refractivity contribution is -0.0625. The van der Waals surface area contributed by atoms with Crippen LogP contribution < -0.4 is 14.2 Å². The van der Waals surface area contributed by atoms with Crippen LogP contribution in [0.5, 0.6) is 17.2 Å². The highest BCUT2D eigenvalue weighted by molar-refractivity contribution is 5.79. The zero-order valence-electron chi connectivity index (χ0n) is 24.9. The van der Waals surface area contributed by atoms with E-state index >= 15 is 0 Å². The van der Waals surface area contributed by atoms with Crippen LogP contribution in [0.2, 0.25) is 0 Å². The molecule has 3 fully saturated rings. The lowest BCUT2D eigenvalue weighted by Crippen LogP contribution is -2.59. The Bertz CT molecular complexity index is 1160. The van der Waals surface area contributed by atoms with Gasteiger partial charge in [-0.25, -0.2) is 4.79 Å². The molecule has 9 nitrogen and oxygen atoms in total. The summed E-state index contributed by atoms with van der Waals surface area (Å²) in [4.78, 5) is 20.1. The molecule has 3 atom stereocenters. The summed E-state index contributed by atoms with van der Waals surface area (Å²) < 4.78 is 22.0. The van der Waals surface area contributed by atoms with Gasteiger partial charge in [0, 0.05) is 39.4 Å². The number of methoxy groups -OCH3 is 4. The van der Waals surface area contributed by atoms with E-state index in [4.69, 9.17) is 18.9 Å². The van der Waals surface area contributed by atoms with Gasteiger partial charge in [-0.05, 0) is 73.4 Å². The van der Waals surface area contributed by atoms with Crippen LogP contribution in [0.3, 0.4) is 0 Å². The van der Waals surface area contributed by atoms with Crippen molar-refractivity contribution in [2.24, 2.45) is 5.92 Å². The first-order chi connectivity index (χ1) is 19.9. The van der Waals surface area contributed by atoms with E-state index in [-0.39, 0.29) is 12.1 Å². The number of rotatable bonds is 10. The number of amides is 2. The molecule has 2 saturated heterocycles. The van der Waals surface area contributed by atoms with Crippen LogP contribution in [0.25, 0.3) is 0 Å². The van der Waals surface area contributed by atoms with Crippen molar-refractivity contribution in [1.82, 2.24) is 14.7 Å². The van der Waals surface area contributed by atoms with Gasteiger partial charge < -0.3 is 29.0 Å². The van der Waals surface area contributed by atoms with Gasteiger partial charge in [0.2, 0.25) is 0 Å². The van der Waals surface area contributed by atoms with Gasteiger partial charge in [0.25, 0.3) is 0 Å². The molecule has 41 heavy (non-hydrogen) atoms. The third-order valence-corrected chi connectivity index (χ3v) is 9.33. The first-order valence-electron chi connectivity index (χ1n) is 14.8. The fourth-order valence-corrected chi connectivity index (χ4v) is 6.98. The summed E-state index contributed by atoms with van der Waals surface area (Å²) in [5.74, 6) is 2.64. The molecule has 9 heteroatoms. The lowest BCUT2D eigenvalue weighted by atomic mass is 9.82. The molecular weight excluding hydrogens is 522 g/mol. The number of benzene rings is 2. The highest BCUT2D eigenvalue weighted by atomic mass is 16.5. The molecule has 2 aromatic rings. The number of carbonyl (C=O) groups excluding carboxylic acids is 1. The van der Waals surface area contributed by atoms with Crippen LogP contribution in [0, 0.1) is 5.92 Å². The maximum atomic E-state index is 14.1. The van der Waals surface area contributed by atoms with Crippen molar-refractivity contribution in [2.75, 3.05) is 48.1 Å². The lowest BCUT2D eigenvalue weighted by Gasteiger charge is -2.46. The van der Waals surface area contributed by atoms with Gasteiger partial charge in [-0.1, -0.05) is 18.6 Å². The van der Waals surface area contributed by atoms with Crippen LogP contribution in [0.15, 0.2) is 42.5 Å². The normalized spacial score (nSPS) is 24.6. The smallest absolute Gasteiger partial charge is 0.323 e. The number of likely N-dealkylation sites (tertiary alicyclic amines) is 1. The van der Waals surface area contributed by atoms with Crippen molar-refractivity contribution in [3.63, 3.8) is 0 Å². The van der Waals surface area contributed by atoms with Crippen molar-refractivity contribution in [3.05, 3.63) is 53.6 Å². The quantitative estimate of drug-likeness (QED) is 0.452. The fourth-order valence-electron chi connectivity index (χ4n) is 6.98. The number of hydrogen-bond acceptors (Lipinski definition) is 7. The Kier molecular flexibility index (Phi) is 9.26. The van der Waals surface area contributed by atoms with E-state index in [0.29, 0.717) is 31.8 Å². The second-order valence-corrected chi connectivity index (χ2v) is 11.7. The summed E-state index contributed by atoms with van der Waals surface area (Å²) in [7, 11) is 6.74. The van der Waals surface area contributed by atoms with E-state index in [1.54, 1.807) is 33.3 Å². The van der Waals surface area contributed by atoms with Gasteiger partial charge in [0.1, 0.15) is 17.2 Å².